The smallest absolute Gasteiger partial charge is 0.282 e. The third kappa shape index (κ3) is 4.72. The summed E-state index contributed by atoms with van der Waals surface area (Å²) in [5, 5.41) is 10.2. The van der Waals surface area contributed by atoms with Gasteiger partial charge in [-0.05, 0) is 48.1 Å². The molecule has 0 fully saturated rings. The number of benzene rings is 1. The number of rotatable bonds is 4. The number of allylic oxidation sites excluding steroid dienone is 10. The van der Waals surface area contributed by atoms with Gasteiger partial charge in [0.1, 0.15) is 5.75 Å². The summed E-state index contributed by atoms with van der Waals surface area (Å²) in [6.07, 6.45) is 17.0. The molecule has 7 heteroatoms. The molecule has 0 atom stereocenters. The maximum absolute atomic E-state index is 12.6. The Morgan fingerprint density at radius 2 is 1.67 bits per heavy atom. The number of methoxy groups -OCH3 is 1. The van der Waals surface area contributed by atoms with Gasteiger partial charge in [-0.15, -0.1) is 0 Å². The van der Waals surface area contributed by atoms with Crippen LogP contribution in [0, 0.1) is 0 Å². The van der Waals surface area contributed by atoms with Crippen LogP contribution in [0.2, 0.25) is 0 Å². The molecule has 138 valence electrons. The highest BCUT2D eigenvalue weighted by Gasteiger charge is 2.15. The van der Waals surface area contributed by atoms with Crippen LogP contribution in [-0.2, 0) is 10.0 Å². The van der Waals surface area contributed by atoms with Gasteiger partial charge >= 0.3 is 0 Å². The molecule has 0 unspecified atom stereocenters. The zero-order valence-electron chi connectivity index (χ0n) is 14.6. The maximum atomic E-state index is 12.6. The van der Waals surface area contributed by atoms with Crippen LogP contribution >= 0.6 is 0 Å². The van der Waals surface area contributed by atoms with Crippen LogP contribution in [0.25, 0.3) is 0 Å². The van der Waals surface area contributed by atoms with E-state index in [1.54, 1.807) is 48.6 Å². The van der Waals surface area contributed by atoms with Crippen molar-refractivity contribution in [3.05, 3.63) is 96.4 Å². The lowest BCUT2D eigenvalue weighted by atomic mass is 10.0. The number of sulfonamides is 1. The molecular formula is C20H18N2O4S. The van der Waals surface area contributed by atoms with Gasteiger partial charge in [0.05, 0.1) is 17.7 Å². The molecule has 0 aromatic heterocycles. The molecular weight excluding hydrogens is 364 g/mol. The molecule has 2 aliphatic rings. The van der Waals surface area contributed by atoms with E-state index in [1.807, 2.05) is 12.2 Å². The molecule has 1 aliphatic carbocycles. The van der Waals surface area contributed by atoms with Crippen LogP contribution < -0.4 is 4.74 Å². The lowest BCUT2D eigenvalue weighted by Crippen LogP contribution is -2.06. The molecule has 3 rings (SSSR count). The fraction of sp³-hybridized carbons (Fsp3) is 0.0500. The second-order valence-corrected chi connectivity index (χ2v) is 7.25. The number of hydrogen-bond acceptors (Lipinski definition) is 5. The van der Waals surface area contributed by atoms with E-state index in [0.717, 1.165) is 10.6 Å². The van der Waals surface area contributed by atoms with Gasteiger partial charge in [0.15, 0.2) is 0 Å². The van der Waals surface area contributed by atoms with Gasteiger partial charge in [-0.1, -0.05) is 30.4 Å². The van der Waals surface area contributed by atoms with Crippen LogP contribution in [0.1, 0.15) is 0 Å². The zero-order chi connectivity index (χ0) is 19.3. The summed E-state index contributed by atoms with van der Waals surface area (Å²) in [5.74, 6) is 0.573. The molecule has 0 bridgehead atoms. The van der Waals surface area contributed by atoms with Crippen LogP contribution in [0.15, 0.2) is 106 Å². The van der Waals surface area contributed by atoms with Gasteiger partial charge in [0.25, 0.3) is 10.0 Å². The van der Waals surface area contributed by atoms with E-state index in [1.165, 1.54) is 31.6 Å². The highest BCUT2D eigenvalue weighted by atomic mass is 32.2. The minimum absolute atomic E-state index is 0.0950. The Balaban J connectivity index is 1.90. The van der Waals surface area contributed by atoms with Crippen molar-refractivity contribution < 1.29 is 18.4 Å². The second kappa shape index (κ2) is 8.03. The topological polar surface area (TPSA) is 79.2 Å². The fourth-order valence-corrected chi connectivity index (χ4v) is 3.38. The Bertz CT molecular complexity index is 1010. The van der Waals surface area contributed by atoms with Gasteiger partial charge in [-0.25, -0.2) is 5.06 Å². The first-order chi connectivity index (χ1) is 13.0. The lowest BCUT2D eigenvalue weighted by Gasteiger charge is -2.10. The van der Waals surface area contributed by atoms with Crippen LogP contribution in [0.5, 0.6) is 5.75 Å². The molecule has 1 heterocycles. The van der Waals surface area contributed by atoms with Crippen molar-refractivity contribution in [2.45, 2.75) is 4.90 Å². The summed E-state index contributed by atoms with van der Waals surface area (Å²) in [6.45, 7) is 0. The first-order valence-corrected chi connectivity index (χ1v) is 9.52. The summed E-state index contributed by atoms with van der Waals surface area (Å²) >= 11 is 0. The van der Waals surface area contributed by atoms with E-state index in [2.05, 4.69) is 4.40 Å². The zero-order valence-corrected chi connectivity index (χ0v) is 15.4. The Hall–Kier alpha value is -3.16. The van der Waals surface area contributed by atoms with Gasteiger partial charge < -0.3 is 4.74 Å². The summed E-state index contributed by atoms with van der Waals surface area (Å²) < 4.78 is 34.2. The van der Waals surface area contributed by atoms with Crippen LogP contribution in [0.3, 0.4) is 0 Å². The van der Waals surface area contributed by atoms with Crippen molar-refractivity contribution in [2.75, 3.05) is 7.11 Å². The number of ether oxygens (including phenoxy) is 1. The van der Waals surface area contributed by atoms with Gasteiger partial charge in [-0.3, -0.25) is 5.21 Å². The highest BCUT2D eigenvalue weighted by molar-refractivity contribution is 7.90. The molecule has 0 radical (unpaired) electrons. The number of hydroxylamine groups is 2. The Morgan fingerprint density at radius 1 is 1.00 bits per heavy atom. The molecule has 6 nitrogen and oxygen atoms in total. The minimum Gasteiger partial charge on any atom is -0.497 e. The highest BCUT2D eigenvalue weighted by Crippen LogP contribution is 2.20. The predicted molar refractivity (Wildman–Crippen MR) is 104 cm³/mol. The van der Waals surface area contributed by atoms with E-state index in [9.17, 15) is 13.6 Å². The van der Waals surface area contributed by atoms with Gasteiger partial charge in [0.2, 0.25) is 0 Å². The SMILES string of the molecule is COc1ccc(S(=O)(=O)/N=C2/C=CC=C/C2=C/C=C2C=CN(O)C=C2)cc1. The van der Waals surface area contributed by atoms with E-state index >= 15 is 0 Å². The van der Waals surface area contributed by atoms with Crippen LogP contribution in [0.4, 0.5) is 0 Å². The van der Waals surface area contributed by atoms with Crippen LogP contribution in [-0.4, -0.2) is 31.5 Å². The van der Waals surface area contributed by atoms with E-state index in [4.69, 9.17) is 4.74 Å². The fourth-order valence-electron chi connectivity index (χ4n) is 2.37. The standard InChI is InChI=1S/C20H18N2O4S/c1-26-18-8-10-19(11-9-18)27(24,25)21-20-5-3-2-4-17(20)7-6-16-12-14-22(23)15-13-16/h2-15,23H,1H3/b17-7-,21-20-. The second-order valence-electron chi connectivity index (χ2n) is 5.65. The van der Waals surface area contributed by atoms with Gasteiger partial charge in [0, 0.05) is 18.0 Å². The largest absolute Gasteiger partial charge is 0.497 e. The third-order valence-corrected chi connectivity index (χ3v) is 5.11. The molecule has 1 aromatic rings. The Kier molecular flexibility index (Phi) is 5.54. The summed E-state index contributed by atoms with van der Waals surface area (Å²) in [6, 6.07) is 6.09. The van der Waals surface area contributed by atoms with E-state index < -0.39 is 10.0 Å². The quantitative estimate of drug-likeness (QED) is 0.862. The first-order valence-electron chi connectivity index (χ1n) is 8.08. The molecule has 0 amide bonds. The number of nitrogens with zero attached hydrogens (tertiary/aromatic N) is 2. The van der Waals surface area contributed by atoms with Crippen molar-refractivity contribution in [2.24, 2.45) is 4.40 Å². The summed E-state index contributed by atoms with van der Waals surface area (Å²) in [4.78, 5) is 0.0950. The molecule has 0 saturated heterocycles. The van der Waals surface area contributed by atoms with Crippen molar-refractivity contribution in [3.63, 3.8) is 0 Å². The molecule has 27 heavy (non-hydrogen) atoms. The Labute approximate surface area is 158 Å². The van der Waals surface area contributed by atoms with Crippen molar-refractivity contribution in [1.82, 2.24) is 5.06 Å². The number of hydrogen-bond donors (Lipinski definition) is 1. The third-order valence-electron chi connectivity index (χ3n) is 3.81. The van der Waals surface area contributed by atoms with E-state index in [-0.39, 0.29) is 4.90 Å². The van der Waals surface area contributed by atoms with Crippen molar-refractivity contribution in [1.29, 1.82) is 0 Å². The normalized spacial score (nSPS) is 19.2. The average Bonchev–Trinajstić information content (AvgIpc) is 2.68. The molecule has 1 aliphatic heterocycles. The van der Waals surface area contributed by atoms with E-state index in [0.29, 0.717) is 17.0 Å². The summed E-state index contributed by atoms with van der Waals surface area (Å²) in [7, 11) is -2.33. The average molecular weight is 382 g/mol. The van der Waals surface area contributed by atoms with Gasteiger partial charge in [-0.2, -0.15) is 12.8 Å². The monoisotopic (exact) mass is 382 g/mol. The molecule has 0 spiro atoms. The van der Waals surface area contributed by atoms with Crippen molar-refractivity contribution >= 4 is 15.7 Å². The maximum Gasteiger partial charge on any atom is 0.282 e. The minimum atomic E-state index is -3.85. The molecule has 0 saturated carbocycles. The lowest BCUT2D eigenvalue weighted by molar-refractivity contribution is 0.0105. The summed E-state index contributed by atoms with van der Waals surface area (Å²) in [5.41, 5.74) is 1.86. The molecule has 1 aromatic carbocycles. The predicted octanol–water partition coefficient (Wildman–Crippen LogP) is 3.54. The first kappa shape index (κ1) is 18.6. The Morgan fingerprint density at radius 3 is 2.33 bits per heavy atom. The molecule has 1 N–H and O–H groups in total. The van der Waals surface area contributed by atoms with Crippen molar-refractivity contribution in [3.8, 4) is 5.75 Å².